The zero-order chi connectivity index (χ0) is 24.8. The molecule has 0 saturated heterocycles. The molecule has 31 heavy (non-hydrogen) atoms. The summed E-state index contributed by atoms with van der Waals surface area (Å²) in [4.78, 5) is 27.3. The zero-order valence-corrected chi connectivity index (χ0v) is 16.1. The van der Waals surface area contributed by atoms with E-state index >= 15 is 0 Å². The second kappa shape index (κ2) is 7.60. The average Bonchev–Trinajstić information content (AvgIpc) is 3.13. The van der Waals surface area contributed by atoms with Gasteiger partial charge in [0.25, 0.3) is 5.91 Å². The predicted octanol–water partition coefficient (Wildman–Crippen LogP) is 4.06. The number of aryl methyl sites for hydroxylation is 1. The van der Waals surface area contributed by atoms with Crippen LogP contribution in [0.2, 0.25) is 0 Å². The van der Waals surface area contributed by atoms with Gasteiger partial charge in [-0.15, -0.1) is 0 Å². The lowest BCUT2D eigenvalue weighted by Crippen LogP contribution is -2.45. The smallest absolute Gasteiger partial charge is 0.298 e. The monoisotopic (exact) mass is 434 g/mol. The molecule has 0 fully saturated rings. The first-order chi connectivity index (χ1) is 15.9. The van der Waals surface area contributed by atoms with Crippen LogP contribution in [-0.2, 0) is 17.4 Å². The van der Waals surface area contributed by atoms with Crippen LogP contribution in [-0.4, -0.2) is 33.9 Å². The Morgan fingerprint density at radius 2 is 2.06 bits per heavy atom. The van der Waals surface area contributed by atoms with Crippen molar-refractivity contribution in [2.45, 2.75) is 25.6 Å². The third-order valence-corrected chi connectivity index (χ3v) is 4.78. The number of hydrogen-bond acceptors (Lipinski definition) is 5. The molecular weight excluding hydrogens is 414 g/mol. The van der Waals surface area contributed by atoms with Gasteiger partial charge in [0.15, 0.2) is 0 Å². The van der Waals surface area contributed by atoms with Crippen molar-refractivity contribution in [3.05, 3.63) is 71.4 Å². The van der Waals surface area contributed by atoms with Crippen LogP contribution in [0, 0.1) is 12.7 Å². The summed E-state index contributed by atoms with van der Waals surface area (Å²) in [6, 6.07) is 5.59. The molecule has 4 rings (SSSR count). The molecule has 4 heterocycles. The third kappa shape index (κ3) is 3.92. The summed E-state index contributed by atoms with van der Waals surface area (Å²) in [5.41, 5.74) is -0.401. The quantitative estimate of drug-likeness (QED) is 0.582. The first-order valence-electron chi connectivity index (χ1n) is 10.6. The summed E-state index contributed by atoms with van der Waals surface area (Å²) >= 11 is 0. The second-order valence-electron chi connectivity index (χ2n) is 6.94. The Balaban J connectivity index is 1.84. The van der Waals surface area contributed by atoms with Crippen LogP contribution >= 0.6 is 0 Å². The number of nitrogens with zero attached hydrogens (tertiary/aromatic N) is 5. The number of pyridine rings is 3. The Hall–Kier alpha value is -3.56. The summed E-state index contributed by atoms with van der Waals surface area (Å²) in [7, 11) is 0. The van der Waals surface area contributed by atoms with Gasteiger partial charge in [0.2, 0.25) is 0 Å². The fourth-order valence-corrected chi connectivity index (χ4v) is 3.42. The first-order valence-corrected chi connectivity index (χ1v) is 9.11. The zero-order valence-electron chi connectivity index (χ0n) is 19.1. The van der Waals surface area contributed by atoms with Gasteiger partial charge >= 0.3 is 6.18 Å². The summed E-state index contributed by atoms with van der Waals surface area (Å²) in [6.45, 7) is -1.63. The van der Waals surface area contributed by atoms with Crippen LogP contribution in [0.15, 0.2) is 48.8 Å². The van der Waals surface area contributed by atoms with Crippen LogP contribution in [0.4, 0.5) is 35.0 Å². The van der Waals surface area contributed by atoms with E-state index in [1.807, 2.05) is 0 Å². The molecule has 6 nitrogen and oxygen atoms in total. The standard InChI is InChI=1S/C21H17F4N5O/c1-12-8-14(21(23,24)25)10-18(28-12)30-16(9-13-4-3-7-26-19(13)30)20(31)29(2)17-6-5-15(22)11-27-17/h3-8,10-11,16H,9H2,1-2H3/i2D3. The number of rotatable bonds is 3. The van der Waals surface area contributed by atoms with Crippen LogP contribution in [0.1, 0.15) is 20.9 Å². The number of carbonyl (C=O) groups is 1. The fraction of sp³-hybridized carbons (Fsp3) is 0.238. The Morgan fingerprint density at radius 1 is 1.26 bits per heavy atom. The van der Waals surface area contributed by atoms with E-state index < -0.39 is 36.5 Å². The number of amides is 1. The fourth-order valence-electron chi connectivity index (χ4n) is 3.42. The number of halogens is 4. The normalized spacial score (nSPS) is 17.5. The van der Waals surface area contributed by atoms with Gasteiger partial charge in [0.05, 0.1) is 11.8 Å². The minimum Gasteiger partial charge on any atom is -0.298 e. The highest BCUT2D eigenvalue weighted by Gasteiger charge is 2.40. The number of hydrogen-bond donors (Lipinski definition) is 0. The van der Waals surface area contributed by atoms with Gasteiger partial charge in [-0.1, -0.05) is 6.07 Å². The maximum absolute atomic E-state index is 13.6. The van der Waals surface area contributed by atoms with Gasteiger partial charge in [-0.25, -0.2) is 19.3 Å². The molecule has 3 aromatic rings. The molecule has 1 atom stereocenters. The van der Waals surface area contributed by atoms with Crippen molar-refractivity contribution in [2.75, 3.05) is 16.8 Å². The van der Waals surface area contributed by atoms with E-state index in [1.165, 1.54) is 18.0 Å². The second-order valence-corrected chi connectivity index (χ2v) is 6.94. The lowest BCUT2D eigenvalue weighted by molar-refractivity contribution is -0.137. The van der Waals surface area contributed by atoms with Crippen molar-refractivity contribution in [1.82, 2.24) is 15.0 Å². The first kappa shape index (κ1) is 17.2. The average molecular weight is 434 g/mol. The Labute approximate surface area is 179 Å². The molecule has 1 aliphatic heterocycles. The lowest BCUT2D eigenvalue weighted by atomic mass is 10.1. The molecule has 3 aromatic heterocycles. The van der Waals surface area contributed by atoms with E-state index in [-0.39, 0.29) is 29.6 Å². The summed E-state index contributed by atoms with van der Waals surface area (Å²) < 4.78 is 77.4. The molecule has 0 radical (unpaired) electrons. The lowest BCUT2D eigenvalue weighted by Gasteiger charge is -2.29. The van der Waals surface area contributed by atoms with Crippen LogP contribution in [0.3, 0.4) is 0 Å². The molecule has 160 valence electrons. The van der Waals surface area contributed by atoms with Crippen molar-refractivity contribution in [2.24, 2.45) is 0 Å². The molecule has 0 bridgehead atoms. The van der Waals surface area contributed by atoms with Crippen molar-refractivity contribution in [1.29, 1.82) is 0 Å². The molecule has 1 amide bonds. The van der Waals surface area contributed by atoms with Gasteiger partial charge in [0, 0.05) is 29.4 Å². The number of likely N-dealkylation sites (N-methyl/N-ethyl adjacent to an activating group) is 1. The van der Waals surface area contributed by atoms with E-state index in [9.17, 15) is 22.4 Å². The number of aromatic nitrogens is 3. The minimum atomic E-state index is -4.67. The molecule has 0 spiro atoms. The van der Waals surface area contributed by atoms with E-state index in [2.05, 4.69) is 15.0 Å². The topological polar surface area (TPSA) is 62.2 Å². The van der Waals surface area contributed by atoms with Crippen LogP contribution < -0.4 is 9.80 Å². The van der Waals surface area contributed by atoms with E-state index in [4.69, 9.17) is 4.11 Å². The van der Waals surface area contributed by atoms with E-state index in [1.54, 1.807) is 12.1 Å². The number of fused-ring (bicyclic) bond motifs is 1. The molecule has 0 aliphatic carbocycles. The molecule has 0 aromatic carbocycles. The number of anilines is 3. The molecule has 0 saturated carbocycles. The molecule has 0 N–H and O–H groups in total. The third-order valence-electron chi connectivity index (χ3n) is 4.78. The molecular formula is C21H17F4N5O. The van der Waals surface area contributed by atoms with Gasteiger partial charge in [-0.2, -0.15) is 13.2 Å². The van der Waals surface area contributed by atoms with Crippen LogP contribution in [0.25, 0.3) is 0 Å². The van der Waals surface area contributed by atoms with Crippen molar-refractivity contribution in [3.63, 3.8) is 0 Å². The minimum absolute atomic E-state index is 0.0350. The maximum atomic E-state index is 13.6. The SMILES string of the molecule is [2H]C([2H])([2H])N(C(=O)C1Cc2cccnc2N1c1cc(C(F)(F)F)cc(C)n1)c1ccc(F)cn1. The summed E-state index contributed by atoms with van der Waals surface area (Å²) in [6.07, 6.45) is -2.53. The summed E-state index contributed by atoms with van der Waals surface area (Å²) in [5, 5.41) is 0. The Morgan fingerprint density at radius 3 is 2.74 bits per heavy atom. The molecule has 1 unspecified atom stereocenters. The highest BCUT2D eigenvalue weighted by atomic mass is 19.4. The van der Waals surface area contributed by atoms with Gasteiger partial charge in [0.1, 0.15) is 29.3 Å². The van der Waals surface area contributed by atoms with Crippen molar-refractivity contribution in [3.8, 4) is 0 Å². The van der Waals surface area contributed by atoms with Gasteiger partial charge in [-0.05, 0) is 42.8 Å². The Kier molecular flexibility index (Phi) is 4.21. The Bertz CT molecular complexity index is 1230. The molecule has 1 aliphatic rings. The highest BCUT2D eigenvalue weighted by Crippen LogP contribution is 2.39. The number of alkyl halides is 3. The van der Waals surface area contributed by atoms with E-state index in [0.29, 0.717) is 10.5 Å². The largest absolute Gasteiger partial charge is 0.416 e. The van der Waals surface area contributed by atoms with E-state index in [0.717, 1.165) is 30.5 Å². The van der Waals surface area contributed by atoms with Gasteiger partial charge < -0.3 is 0 Å². The highest BCUT2D eigenvalue weighted by molar-refractivity contribution is 6.00. The van der Waals surface area contributed by atoms with Crippen molar-refractivity contribution >= 4 is 23.4 Å². The molecule has 10 heteroatoms. The van der Waals surface area contributed by atoms with Crippen LogP contribution in [0.5, 0.6) is 0 Å². The van der Waals surface area contributed by atoms with Crippen molar-refractivity contribution < 1.29 is 26.5 Å². The number of carbonyl (C=O) groups excluding carboxylic acids is 1. The summed E-state index contributed by atoms with van der Waals surface area (Å²) in [5.74, 6) is -2.06. The maximum Gasteiger partial charge on any atom is 0.416 e. The van der Waals surface area contributed by atoms with Gasteiger partial charge in [-0.3, -0.25) is 14.6 Å². The predicted molar refractivity (Wildman–Crippen MR) is 105 cm³/mol.